The summed E-state index contributed by atoms with van der Waals surface area (Å²) in [5, 5.41) is 9.78. The number of aryl methyl sites for hydroxylation is 1. The van der Waals surface area contributed by atoms with Gasteiger partial charge in [-0.15, -0.1) is 0 Å². The molecule has 9 nitrogen and oxygen atoms in total. The number of nitrogens with zero attached hydrogens (tertiary/aromatic N) is 5. The summed E-state index contributed by atoms with van der Waals surface area (Å²) in [6, 6.07) is 15.5. The van der Waals surface area contributed by atoms with E-state index in [2.05, 4.69) is 15.9 Å². The number of amides is 1. The van der Waals surface area contributed by atoms with Gasteiger partial charge in [-0.3, -0.25) is 19.4 Å². The quantitative estimate of drug-likeness (QED) is 0.147. The standard InChI is InChI=1S/C42H45F2N5O4/c1-26-27(2)41(50)46(4)24-35(26)31-20-38(52-5)36(39(21-31)53-6)25-48-17-15-47(16-18-48)23-30-10-7-11-33-28(3)49(14-13-34(30)33)42(51)32(22-45)19-29-9-8-12-37(43)40(29)44/h7-12,19-21,24,28H,13-18,23,25H2,1-6H3/b32-19+. The van der Waals surface area contributed by atoms with Crippen LogP contribution in [0.4, 0.5) is 8.78 Å². The third-order valence-electron chi connectivity index (χ3n) is 10.8. The summed E-state index contributed by atoms with van der Waals surface area (Å²) in [5.41, 5.74) is 7.59. The lowest BCUT2D eigenvalue weighted by Crippen LogP contribution is -2.45. The molecule has 1 atom stereocenters. The number of ether oxygens (including phenoxy) is 2. The van der Waals surface area contributed by atoms with Gasteiger partial charge in [-0.1, -0.05) is 30.3 Å². The van der Waals surface area contributed by atoms with Gasteiger partial charge in [0.1, 0.15) is 23.1 Å². The summed E-state index contributed by atoms with van der Waals surface area (Å²) in [4.78, 5) is 32.5. The fourth-order valence-electron chi connectivity index (χ4n) is 7.59. The largest absolute Gasteiger partial charge is 0.496 e. The van der Waals surface area contributed by atoms with Crippen molar-refractivity contribution in [2.24, 2.45) is 7.05 Å². The number of benzene rings is 3. The van der Waals surface area contributed by atoms with E-state index in [4.69, 9.17) is 9.47 Å². The summed E-state index contributed by atoms with van der Waals surface area (Å²) in [6.07, 6.45) is 3.61. The molecule has 1 unspecified atom stereocenters. The molecule has 0 spiro atoms. The molecule has 0 bridgehead atoms. The number of hydrogen-bond donors (Lipinski definition) is 0. The van der Waals surface area contributed by atoms with Crippen LogP contribution in [0.15, 0.2) is 65.1 Å². The first-order valence-electron chi connectivity index (χ1n) is 17.8. The molecule has 0 aliphatic carbocycles. The van der Waals surface area contributed by atoms with Crippen molar-refractivity contribution in [3.63, 3.8) is 0 Å². The van der Waals surface area contributed by atoms with Crippen LogP contribution >= 0.6 is 0 Å². The minimum absolute atomic E-state index is 0.0103. The van der Waals surface area contributed by atoms with Crippen molar-refractivity contribution < 1.29 is 23.0 Å². The van der Waals surface area contributed by atoms with E-state index in [0.717, 1.165) is 84.2 Å². The SMILES string of the molecule is COc1cc(-c2cn(C)c(=O)c(C)c2C)cc(OC)c1CN1CCN(Cc2cccc3c2CCN(C(=O)/C(C#N)=C/c2cccc(F)c2F)C3C)CC1. The van der Waals surface area contributed by atoms with Crippen LogP contribution in [0.3, 0.4) is 0 Å². The molecular weight excluding hydrogens is 676 g/mol. The smallest absolute Gasteiger partial charge is 0.265 e. The molecule has 3 heterocycles. The lowest BCUT2D eigenvalue weighted by molar-refractivity contribution is -0.129. The molecule has 0 N–H and O–H groups in total. The molecule has 1 fully saturated rings. The first-order chi connectivity index (χ1) is 25.4. The third-order valence-corrected chi connectivity index (χ3v) is 10.8. The number of piperazine rings is 1. The molecule has 276 valence electrons. The second-order valence-electron chi connectivity index (χ2n) is 13.8. The molecule has 1 saturated heterocycles. The maximum atomic E-state index is 14.3. The summed E-state index contributed by atoms with van der Waals surface area (Å²) in [5.74, 6) is -1.15. The van der Waals surface area contributed by atoms with E-state index in [1.54, 1.807) is 30.7 Å². The van der Waals surface area contributed by atoms with Gasteiger partial charge < -0.3 is 18.9 Å². The van der Waals surface area contributed by atoms with Gasteiger partial charge in [0.25, 0.3) is 11.5 Å². The minimum atomic E-state index is -1.09. The average Bonchev–Trinajstić information content (AvgIpc) is 3.17. The van der Waals surface area contributed by atoms with Crippen molar-refractivity contribution in [3.05, 3.63) is 121 Å². The Hall–Kier alpha value is -5.31. The van der Waals surface area contributed by atoms with Crippen molar-refractivity contribution in [2.75, 3.05) is 46.9 Å². The van der Waals surface area contributed by atoms with E-state index in [9.17, 15) is 23.6 Å². The van der Waals surface area contributed by atoms with Crippen LogP contribution in [0.5, 0.6) is 11.5 Å². The highest BCUT2D eigenvalue weighted by Gasteiger charge is 2.31. The molecule has 6 rings (SSSR count). The Morgan fingerprint density at radius 1 is 0.943 bits per heavy atom. The molecule has 0 saturated carbocycles. The Balaban J connectivity index is 1.13. The molecule has 1 aromatic heterocycles. The average molecular weight is 722 g/mol. The Bertz CT molecular complexity index is 2160. The Labute approximate surface area is 309 Å². The highest BCUT2D eigenvalue weighted by atomic mass is 19.2. The van der Waals surface area contributed by atoms with Gasteiger partial charge in [-0.05, 0) is 79.3 Å². The van der Waals surface area contributed by atoms with E-state index in [0.29, 0.717) is 25.1 Å². The molecule has 53 heavy (non-hydrogen) atoms. The van der Waals surface area contributed by atoms with Crippen LogP contribution in [-0.4, -0.2) is 72.1 Å². The van der Waals surface area contributed by atoms with E-state index in [-0.39, 0.29) is 22.7 Å². The molecule has 1 amide bonds. The molecule has 0 radical (unpaired) electrons. The van der Waals surface area contributed by atoms with E-state index < -0.39 is 17.5 Å². The second kappa shape index (κ2) is 15.7. The number of rotatable bonds is 9. The fourth-order valence-corrected chi connectivity index (χ4v) is 7.59. The topological polar surface area (TPSA) is 91.0 Å². The lowest BCUT2D eigenvalue weighted by atomic mass is 9.89. The Kier molecular flexibility index (Phi) is 11.1. The number of fused-ring (bicyclic) bond motifs is 1. The van der Waals surface area contributed by atoms with E-state index in [1.165, 1.54) is 23.3 Å². The fraction of sp³-hybridized carbons (Fsp3) is 0.357. The van der Waals surface area contributed by atoms with E-state index >= 15 is 0 Å². The zero-order valence-electron chi connectivity index (χ0n) is 31.1. The summed E-state index contributed by atoms with van der Waals surface area (Å²) >= 11 is 0. The number of methoxy groups -OCH3 is 2. The Morgan fingerprint density at radius 3 is 2.23 bits per heavy atom. The van der Waals surface area contributed by atoms with Crippen LogP contribution in [0, 0.1) is 36.8 Å². The molecule has 3 aromatic carbocycles. The predicted molar refractivity (Wildman–Crippen MR) is 200 cm³/mol. The minimum Gasteiger partial charge on any atom is -0.496 e. The number of aromatic nitrogens is 1. The van der Waals surface area contributed by atoms with Gasteiger partial charge in [-0.25, -0.2) is 8.78 Å². The molecule has 2 aliphatic rings. The van der Waals surface area contributed by atoms with Gasteiger partial charge in [-0.2, -0.15) is 5.26 Å². The number of pyridine rings is 1. The van der Waals surface area contributed by atoms with Crippen molar-refractivity contribution in [2.45, 2.75) is 46.3 Å². The first kappa shape index (κ1) is 37.4. The molecule has 11 heteroatoms. The number of nitriles is 1. The predicted octanol–water partition coefficient (Wildman–Crippen LogP) is 6.34. The van der Waals surface area contributed by atoms with Crippen LogP contribution in [-0.2, 0) is 31.4 Å². The summed E-state index contributed by atoms with van der Waals surface area (Å²) in [6.45, 7) is 11.1. The van der Waals surface area contributed by atoms with Gasteiger partial charge in [0.05, 0.1) is 25.8 Å². The molecular formula is C42H45F2N5O4. The molecule has 2 aliphatic heterocycles. The van der Waals surface area contributed by atoms with Crippen molar-refractivity contribution in [1.29, 1.82) is 5.26 Å². The van der Waals surface area contributed by atoms with Crippen LogP contribution in [0.1, 0.15) is 51.9 Å². The van der Waals surface area contributed by atoms with Crippen molar-refractivity contribution >= 4 is 12.0 Å². The number of carbonyl (C=O) groups excluding carboxylic acids is 1. The van der Waals surface area contributed by atoms with Gasteiger partial charge >= 0.3 is 0 Å². The number of carbonyl (C=O) groups is 1. The first-order valence-corrected chi connectivity index (χ1v) is 17.8. The summed E-state index contributed by atoms with van der Waals surface area (Å²) < 4.78 is 41.5. The van der Waals surface area contributed by atoms with E-state index in [1.807, 2.05) is 57.3 Å². The lowest BCUT2D eigenvalue weighted by Gasteiger charge is -2.38. The van der Waals surface area contributed by atoms with Crippen molar-refractivity contribution in [1.82, 2.24) is 19.3 Å². The zero-order chi connectivity index (χ0) is 38.0. The third kappa shape index (κ3) is 7.48. The van der Waals surface area contributed by atoms with Gasteiger partial charge in [0.2, 0.25) is 0 Å². The number of hydrogen-bond acceptors (Lipinski definition) is 7. The Morgan fingerprint density at radius 2 is 1.58 bits per heavy atom. The van der Waals surface area contributed by atoms with Gasteiger partial charge in [0, 0.05) is 75.7 Å². The van der Waals surface area contributed by atoms with Crippen LogP contribution in [0.2, 0.25) is 0 Å². The summed E-state index contributed by atoms with van der Waals surface area (Å²) in [7, 11) is 5.10. The maximum Gasteiger partial charge on any atom is 0.265 e. The number of halogens is 2. The monoisotopic (exact) mass is 721 g/mol. The van der Waals surface area contributed by atoms with Crippen molar-refractivity contribution in [3.8, 4) is 28.7 Å². The highest BCUT2D eigenvalue weighted by Crippen LogP contribution is 2.38. The van der Waals surface area contributed by atoms with Crippen LogP contribution in [0.25, 0.3) is 17.2 Å². The van der Waals surface area contributed by atoms with Gasteiger partial charge in [0.15, 0.2) is 11.6 Å². The molecule has 4 aromatic rings. The maximum absolute atomic E-state index is 14.3. The second-order valence-corrected chi connectivity index (χ2v) is 13.8. The zero-order valence-corrected chi connectivity index (χ0v) is 31.1. The highest BCUT2D eigenvalue weighted by molar-refractivity contribution is 6.02. The normalized spacial score (nSPS) is 16.6. The van der Waals surface area contributed by atoms with Crippen LogP contribution < -0.4 is 15.0 Å².